The second-order valence-electron chi connectivity index (χ2n) is 5.00. The minimum absolute atomic E-state index is 0.0497. The van der Waals surface area contributed by atoms with E-state index in [1.54, 1.807) is 4.90 Å². The van der Waals surface area contributed by atoms with Gasteiger partial charge in [0.2, 0.25) is 0 Å². The fourth-order valence-electron chi connectivity index (χ4n) is 2.12. The first-order chi connectivity index (χ1) is 8.65. The summed E-state index contributed by atoms with van der Waals surface area (Å²) in [5.41, 5.74) is 0. The van der Waals surface area contributed by atoms with Crippen molar-refractivity contribution in [3.8, 4) is 0 Å². The van der Waals surface area contributed by atoms with E-state index in [2.05, 4.69) is 5.32 Å². The molecule has 2 amide bonds. The summed E-state index contributed by atoms with van der Waals surface area (Å²) in [6.07, 6.45) is 3.19. The number of carbonyl (C=O) groups excluding carboxylic acids is 1. The molecular weight excluding hydrogens is 236 g/mol. The number of carboxylic acids is 1. The molecule has 0 aromatic carbocycles. The Morgan fingerprint density at radius 1 is 1.39 bits per heavy atom. The molecule has 6 heteroatoms. The second kappa shape index (κ2) is 6.04. The quantitative estimate of drug-likeness (QED) is 0.758. The average molecular weight is 256 g/mol. The molecule has 1 aliphatic heterocycles. The van der Waals surface area contributed by atoms with Gasteiger partial charge in [0.05, 0.1) is 19.1 Å². The maximum Gasteiger partial charge on any atom is 0.317 e. The molecule has 0 aromatic heterocycles. The van der Waals surface area contributed by atoms with Crippen LogP contribution in [0.5, 0.6) is 0 Å². The minimum atomic E-state index is -0.893. The zero-order chi connectivity index (χ0) is 13.0. The summed E-state index contributed by atoms with van der Waals surface area (Å²) in [6.45, 7) is 2.02. The number of aliphatic carboxylic acids is 1. The summed E-state index contributed by atoms with van der Waals surface area (Å²) in [5.74, 6) is -0.0919. The number of hydrogen-bond donors (Lipinski definition) is 2. The van der Waals surface area contributed by atoms with E-state index in [-0.39, 0.29) is 18.6 Å². The van der Waals surface area contributed by atoms with Gasteiger partial charge in [-0.05, 0) is 12.3 Å². The molecule has 0 spiro atoms. The smallest absolute Gasteiger partial charge is 0.317 e. The van der Waals surface area contributed by atoms with Crippen molar-refractivity contribution in [2.75, 3.05) is 26.2 Å². The van der Waals surface area contributed by atoms with E-state index in [0.29, 0.717) is 26.2 Å². The molecule has 1 heterocycles. The number of carboxylic acid groups (broad SMARTS) is 1. The van der Waals surface area contributed by atoms with Gasteiger partial charge in [0.1, 0.15) is 0 Å². The first-order valence-corrected chi connectivity index (χ1v) is 6.51. The van der Waals surface area contributed by atoms with E-state index < -0.39 is 5.97 Å². The van der Waals surface area contributed by atoms with Crippen molar-refractivity contribution >= 4 is 12.0 Å². The number of hydrogen-bond acceptors (Lipinski definition) is 3. The van der Waals surface area contributed by atoms with Gasteiger partial charge in [-0.15, -0.1) is 0 Å². The van der Waals surface area contributed by atoms with Crippen molar-refractivity contribution in [3.63, 3.8) is 0 Å². The highest BCUT2D eigenvalue weighted by Crippen LogP contribution is 2.31. The first kappa shape index (κ1) is 13.1. The van der Waals surface area contributed by atoms with Gasteiger partial charge in [-0.1, -0.05) is 12.8 Å². The number of ether oxygens (including phenoxy) is 1. The van der Waals surface area contributed by atoms with Gasteiger partial charge >= 0.3 is 12.0 Å². The highest BCUT2D eigenvalue weighted by Gasteiger charge is 2.26. The average Bonchev–Trinajstić information content (AvgIpc) is 3.12. The highest BCUT2D eigenvalue weighted by molar-refractivity contribution is 5.74. The van der Waals surface area contributed by atoms with Crippen LogP contribution in [0.3, 0.4) is 0 Å². The summed E-state index contributed by atoms with van der Waals surface area (Å²) in [5, 5.41) is 11.6. The van der Waals surface area contributed by atoms with Gasteiger partial charge in [0, 0.05) is 19.6 Å². The maximum absolute atomic E-state index is 11.8. The maximum atomic E-state index is 11.8. The molecule has 2 N–H and O–H groups in total. The zero-order valence-corrected chi connectivity index (χ0v) is 10.4. The number of amides is 2. The van der Waals surface area contributed by atoms with Crippen molar-refractivity contribution in [1.29, 1.82) is 0 Å². The third kappa shape index (κ3) is 4.18. The molecule has 1 atom stereocenters. The fourth-order valence-corrected chi connectivity index (χ4v) is 2.12. The molecule has 1 saturated carbocycles. The van der Waals surface area contributed by atoms with E-state index in [1.165, 1.54) is 12.8 Å². The molecule has 1 aliphatic carbocycles. The van der Waals surface area contributed by atoms with E-state index in [1.807, 2.05) is 0 Å². The molecule has 0 radical (unpaired) electrons. The summed E-state index contributed by atoms with van der Waals surface area (Å²) in [6, 6.07) is -0.102. The SMILES string of the molecule is O=C(O)CC1CN(C(=O)NCCC2CC2)CCO1. The van der Waals surface area contributed by atoms with Crippen LogP contribution in [0.2, 0.25) is 0 Å². The van der Waals surface area contributed by atoms with Crippen molar-refractivity contribution in [3.05, 3.63) is 0 Å². The molecule has 1 saturated heterocycles. The van der Waals surface area contributed by atoms with Crippen LogP contribution in [-0.4, -0.2) is 54.4 Å². The normalized spacial score (nSPS) is 23.8. The molecule has 2 rings (SSSR count). The Morgan fingerprint density at radius 2 is 2.17 bits per heavy atom. The zero-order valence-electron chi connectivity index (χ0n) is 10.4. The summed E-state index contributed by atoms with van der Waals surface area (Å²) >= 11 is 0. The molecule has 0 aromatic rings. The van der Waals surface area contributed by atoms with Gasteiger partial charge in [0.25, 0.3) is 0 Å². The Labute approximate surface area is 106 Å². The second-order valence-corrected chi connectivity index (χ2v) is 5.00. The van der Waals surface area contributed by atoms with Gasteiger partial charge in [-0.25, -0.2) is 4.79 Å². The van der Waals surface area contributed by atoms with Crippen LogP contribution in [0.15, 0.2) is 0 Å². The lowest BCUT2D eigenvalue weighted by Crippen LogP contribution is -2.50. The van der Waals surface area contributed by atoms with E-state index >= 15 is 0 Å². The van der Waals surface area contributed by atoms with Crippen LogP contribution >= 0.6 is 0 Å². The number of morpholine rings is 1. The largest absolute Gasteiger partial charge is 0.481 e. The molecule has 0 bridgehead atoms. The van der Waals surface area contributed by atoms with Crippen LogP contribution in [-0.2, 0) is 9.53 Å². The monoisotopic (exact) mass is 256 g/mol. The Bertz CT molecular complexity index is 317. The lowest BCUT2D eigenvalue weighted by Gasteiger charge is -2.32. The van der Waals surface area contributed by atoms with Crippen LogP contribution in [0.4, 0.5) is 4.79 Å². The van der Waals surface area contributed by atoms with Crippen molar-refractivity contribution in [2.24, 2.45) is 5.92 Å². The number of nitrogens with zero attached hydrogens (tertiary/aromatic N) is 1. The summed E-state index contributed by atoms with van der Waals surface area (Å²) in [4.78, 5) is 24.1. The molecular formula is C12H20N2O4. The molecule has 2 aliphatic rings. The molecule has 1 unspecified atom stereocenters. The van der Waals surface area contributed by atoms with Crippen LogP contribution in [0, 0.1) is 5.92 Å². The predicted octanol–water partition coefficient (Wildman–Crippen LogP) is 0.672. The standard InChI is InChI=1S/C12H20N2O4/c15-11(16)7-10-8-14(5-6-18-10)12(17)13-4-3-9-1-2-9/h9-10H,1-8H2,(H,13,17)(H,15,16). The van der Waals surface area contributed by atoms with Crippen molar-refractivity contribution < 1.29 is 19.4 Å². The van der Waals surface area contributed by atoms with E-state index in [4.69, 9.17) is 9.84 Å². The Balaban J connectivity index is 1.69. The lowest BCUT2D eigenvalue weighted by atomic mass is 10.2. The fraction of sp³-hybridized carbons (Fsp3) is 0.833. The van der Waals surface area contributed by atoms with Crippen LogP contribution in [0.1, 0.15) is 25.7 Å². The van der Waals surface area contributed by atoms with Crippen molar-refractivity contribution in [1.82, 2.24) is 10.2 Å². The number of urea groups is 1. The van der Waals surface area contributed by atoms with Gasteiger partial charge in [0.15, 0.2) is 0 Å². The van der Waals surface area contributed by atoms with E-state index in [0.717, 1.165) is 12.3 Å². The van der Waals surface area contributed by atoms with Gasteiger partial charge in [-0.2, -0.15) is 0 Å². The molecule has 102 valence electrons. The third-order valence-electron chi connectivity index (χ3n) is 3.35. The van der Waals surface area contributed by atoms with Gasteiger partial charge in [-0.3, -0.25) is 4.79 Å². The Hall–Kier alpha value is -1.30. The Morgan fingerprint density at radius 3 is 2.83 bits per heavy atom. The third-order valence-corrected chi connectivity index (χ3v) is 3.35. The van der Waals surface area contributed by atoms with E-state index in [9.17, 15) is 9.59 Å². The summed E-state index contributed by atoms with van der Waals surface area (Å²) < 4.78 is 5.32. The Kier molecular flexibility index (Phi) is 4.41. The van der Waals surface area contributed by atoms with Crippen LogP contribution < -0.4 is 5.32 Å². The minimum Gasteiger partial charge on any atom is -0.481 e. The summed E-state index contributed by atoms with van der Waals surface area (Å²) in [7, 11) is 0. The van der Waals surface area contributed by atoms with Crippen molar-refractivity contribution in [2.45, 2.75) is 31.8 Å². The lowest BCUT2D eigenvalue weighted by molar-refractivity contribution is -0.141. The van der Waals surface area contributed by atoms with Crippen LogP contribution in [0.25, 0.3) is 0 Å². The predicted molar refractivity (Wildman–Crippen MR) is 64.3 cm³/mol. The number of rotatable bonds is 5. The first-order valence-electron chi connectivity index (χ1n) is 6.51. The molecule has 18 heavy (non-hydrogen) atoms. The molecule has 6 nitrogen and oxygen atoms in total. The molecule has 2 fully saturated rings. The van der Waals surface area contributed by atoms with Gasteiger partial charge < -0.3 is 20.1 Å². The number of nitrogens with one attached hydrogen (secondary N) is 1. The highest BCUT2D eigenvalue weighted by atomic mass is 16.5. The number of carbonyl (C=O) groups is 2. The topological polar surface area (TPSA) is 78.9 Å².